The fourth-order valence-electron chi connectivity index (χ4n) is 4.35. The van der Waals surface area contributed by atoms with E-state index in [0.717, 1.165) is 27.6 Å². The zero-order chi connectivity index (χ0) is 26.0. The number of nitrogens with one attached hydrogen (secondary N) is 3. The molecule has 0 aliphatic carbocycles. The fraction of sp³-hybridized carbons (Fsp3) is 0.200. The normalized spacial score (nSPS) is 11.8. The molecule has 3 aromatic carbocycles. The fourth-order valence-corrected chi connectivity index (χ4v) is 4.35. The number of carbonyl (C=O) groups excluding carboxylic acids is 2. The Bertz CT molecular complexity index is 1380. The second-order valence-corrected chi connectivity index (χ2v) is 8.51. The van der Waals surface area contributed by atoms with E-state index in [1.807, 2.05) is 72.9 Å². The molecule has 4 rings (SSSR count). The van der Waals surface area contributed by atoms with Gasteiger partial charge in [-0.1, -0.05) is 60.7 Å². The van der Waals surface area contributed by atoms with Gasteiger partial charge in [0.15, 0.2) is 11.5 Å². The van der Waals surface area contributed by atoms with Crippen LogP contribution in [0.2, 0.25) is 0 Å². The van der Waals surface area contributed by atoms with Gasteiger partial charge in [-0.25, -0.2) is 0 Å². The Balaban J connectivity index is 1.43. The number of aromatic nitrogens is 1. The van der Waals surface area contributed by atoms with Gasteiger partial charge in [-0.2, -0.15) is 0 Å². The van der Waals surface area contributed by atoms with Crippen molar-refractivity contribution in [3.63, 3.8) is 0 Å². The molecule has 0 radical (unpaired) electrons. The van der Waals surface area contributed by atoms with Gasteiger partial charge in [0.1, 0.15) is 0 Å². The highest BCUT2D eigenvalue weighted by atomic mass is 16.5. The molecule has 1 heterocycles. The van der Waals surface area contributed by atoms with Gasteiger partial charge < -0.3 is 25.1 Å². The highest BCUT2D eigenvalue weighted by Gasteiger charge is 2.24. The molecule has 37 heavy (non-hydrogen) atoms. The van der Waals surface area contributed by atoms with E-state index in [1.54, 1.807) is 20.3 Å². The molecule has 190 valence electrons. The van der Waals surface area contributed by atoms with Crippen LogP contribution in [0.15, 0.2) is 85.1 Å². The van der Waals surface area contributed by atoms with Gasteiger partial charge in [0.05, 0.1) is 14.2 Å². The summed E-state index contributed by atoms with van der Waals surface area (Å²) in [5, 5.41) is 6.87. The molecule has 0 fully saturated rings. The molecule has 1 aromatic heterocycles. The number of fused-ring (bicyclic) bond motifs is 1. The van der Waals surface area contributed by atoms with E-state index in [-0.39, 0.29) is 30.7 Å². The molecule has 2 amide bonds. The van der Waals surface area contributed by atoms with Crippen molar-refractivity contribution in [2.75, 3.05) is 27.3 Å². The van der Waals surface area contributed by atoms with E-state index >= 15 is 0 Å². The molecular weight excluding hydrogens is 466 g/mol. The summed E-state index contributed by atoms with van der Waals surface area (Å²) < 4.78 is 11.2. The summed E-state index contributed by atoms with van der Waals surface area (Å²) in [5.41, 5.74) is 3.90. The average Bonchev–Trinajstić information content (AvgIpc) is 3.36. The van der Waals surface area contributed by atoms with Crippen LogP contribution in [0.4, 0.5) is 0 Å². The second kappa shape index (κ2) is 12.4. The summed E-state index contributed by atoms with van der Waals surface area (Å²) >= 11 is 0. The van der Waals surface area contributed by atoms with Crippen molar-refractivity contribution in [1.82, 2.24) is 15.6 Å². The van der Waals surface area contributed by atoms with Crippen molar-refractivity contribution < 1.29 is 19.1 Å². The topological polar surface area (TPSA) is 92.5 Å². The molecular formula is C30H31N3O4. The van der Waals surface area contributed by atoms with Crippen LogP contribution in [-0.4, -0.2) is 44.1 Å². The van der Waals surface area contributed by atoms with Gasteiger partial charge in [0.2, 0.25) is 11.8 Å². The van der Waals surface area contributed by atoms with Crippen molar-refractivity contribution in [3.05, 3.63) is 102 Å². The SMILES string of the molecule is COc1cccc([C@H](CNC(=O)CCNC(=O)/C=C\c2ccccc2)c2c[nH]c3ccccc23)c1OC. The van der Waals surface area contributed by atoms with Crippen molar-refractivity contribution >= 4 is 28.8 Å². The lowest BCUT2D eigenvalue weighted by Gasteiger charge is -2.22. The molecule has 7 heteroatoms. The molecule has 0 saturated carbocycles. The number of aromatic amines is 1. The minimum absolute atomic E-state index is 0.154. The summed E-state index contributed by atoms with van der Waals surface area (Å²) in [4.78, 5) is 28.1. The van der Waals surface area contributed by atoms with Gasteiger partial charge in [-0.05, 0) is 29.3 Å². The number of amides is 2. The predicted octanol–water partition coefficient (Wildman–Crippen LogP) is 4.65. The lowest BCUT2D eigenvalue weighted by Crippen LogP contribution is -2.32. The van der Waals surface area contributed by atoms with Crippen molar-refractivity contribution in [2.45, 2.75) is 12.3 Å². The van der Waals surface area contributed by atoms with Crippen LogP contribution in [0.25, 0.3) is 17.0 Å². The van der Waals surface area contributed by atoms with Gasteiger partial charge in [0.25, 0.3) is 0 Å². The molecule has 0 spiro atoms. The first kappa shape index (κ1) is 25.6. The second-order valence-electron chi connectivity index (χ2n) is 8.51. The summed E-state index contributed by atoms with van der Waals surface area (Å²) in [6.45, 7) is 0.593. The van der Waals surface area contributed by atoms with Gasteiger partial charge in [-0.3, -0.25) is 9.59 Å². The third-order valence-corrected chi connectivity index (χ3v) is 6.19. The monoisotopic (exact) mass is 497 g/mol. The Morgan fingerprint density at radius 3 is 2.46 bits per heavy atom. The van der Waals surface area contributed by atoms with Crippen LogP contribution < -0.4 is 20.1 Å². The largest absolute Gasteiger partial charge is 0.493 e. The Hall–Kier alpha value is -4.52. The van der Waals surface area contributed by atoms with Gasteiger partial charge >= 0.3 is 0 Å². The summed E-state index contributed by atoms with van der Waals surface area (Å²) in [7, 11) is 3.22. The predicted molar refractivity (Wildman–Crippen MR) is 146 cm³/mol. The smallest absolute Gasteiger partial charge is 0.244 e. The Labute approximate surface area is 216 Å². The molecule has 3 N–H and O–H groups in total. The Morgan fingerprint density at radius 1 is 0.892 bits per heavy atom. The molecule has 0 saturated heterocycles. The van der Waals surface area contributed by atoms with E-state index in [1.165, 1.54) is 6.08 Å². The van der Waals surface area contributed by atoms with Crippen LogP contribution in [0.1, 0.15) is 29.0 Å². The molecule has 0 bridgehead atoms. The third kappa shape index (κ3) is 6.38. The lowest BCUT2D eigenvalue weighted by atomic mass is 9.89. The zero-order valence-corrected chi connectivity index (χ0v) is 21.0. The number of methoxy groups -OCH3 is 2. The maximum absolute atomic E-state index is 12.7. The summed E-state index contributed by atoms with van der Waals surface area (Å²) in [6, 6.07) is 23.4. The molecule has 4 aromatic rings. The first-order valence-corrected chi connectivity index (χ1v) is 12.1. The zero-order valence-electron chi connectivity index (χ0n) is 21.0. The minimum atomic E-state index is -0.241. The average molecular weight is 498 g/mol. The number of carbonyl (C=O) groups is 2. The maximum atomic E-state index is 12.7. The Morgan fingerprint density at radius 2 is 1.68 bits per heavy atom. The number of benzene rings is 3. The van der Waals surface area contributed by atoms with Crippen molar-refractivity contribution in [2.24, 2.45) is 0 Å². The molecule has 0 aliphatic heterocycles. The number of ether oxygens (including phenoxy) is 2. The molecule has 7 nitrogen and oxygen atoms in total. The van der Waals surface area contributed by atoms with Gasteiger partial charge in [0, 0.05) is 54.2 Å². The number of hydrogen-bond acceptors (Lipinski definition) is 4. The minimum Gasteiger partial charge on any atom is -0.493 e. The third-order valence-electron chi connectivity index (χ3n) is 6.19. The lowest BCUT2D eigenvalue weighted by molar-refractivity contribution is -0.121. The van der Waals surface area contributed by atoms with Crippen LogP contribution in [0.3, 0.4) is 0 Å². The van der Waals surface area contributed by atoms with E-state index in [4.69, 9.17) is 9.47 Å². The standard InChI is InChI=1S/C30H31N3O4/c1-36-27-14-8-12-23(30(27)37-2)25(24-19-32-26-13-7-6-11-22(24)26)20-33-29(35)17-18-31-28(34)16-15-21-9-4-3-5-10-21/h3-16,19,25,32H,17-18,20H2,1-2H3,(H,31,34)(H,33,35)/b16-15-/t25-/m0/s1. The van der Waals surface area contributed by atoms with Crippen molar-refractivity contribution in [1.29, 1.82) is 0 Å². The van der Waals surface area contributed by atoms with Gasteiger partial charge in [-0.15, -0.1) is 0 Å². The highest BCUT2D eigenvalue weighted by Crippen LogP contribution is 2.40. The van der Waals surface area contributed by atoms with E-state index in [2.05, 4.69) is 21.7 Å². The van der Waals surface area contributed by atoms with Crippen LogP contribution in [-0.2, 0) is 9.59 Å². The quantitative estimate of drug-likeness (QED) is 0.263. The summed E-state index contributed by atoms with van der Waals surface area (Å²) in [5.74, 6) is 0.677. The molecule has 0 unspecified atom stereocenters. The summed E-state index contributed by atoms with van der Waals surface area (Å²) in [6.07, 6.45) is 5.35. The Kier molecular flexibility index (Phi) is 8.60. The number of rotatable bonds is 11. The first-order valence-electron chi connectivity index (χ1n) is 12.1. The maximum Gasteiger partial charge on any atom is 0.244 e. The van der Waals surface area contributed by atoms with E-state index < -0.39 is 0 Å². The molecule has 0 aliphatic rings. The van der Waals surface area contributed by atoms with Crippen LogP contribution in [0.5, 0.6) is 11.5 Å². The first-order chi connectivity index (χ1) is 18.1. The van der Waals surface area contributed by atoms with Crippen LogP contribution in [0, 0.1) is 0 Å². The van der Waals surface area contributed by atoms with E-state index in [0.29, 0.717) is 18.0 Å². The number of H-pyrrole nitrogens is 1. The van der Waals surface area contributed by atoms with Crippen molar-refractivity contribution in [3.8, 4) is 11.5 Å². The highest BCUT2D eigenvalue weighted by molar-refractivity contribution is 5.92. The molecule has 1 atom stereocenters. The number of para-hydroxylation sites is 2. The van der Waals surface area contributed by atoms with E-state index in [9.17, 15) is 9.59 Å². The van der Waals surface area contributed by atoms with Crippen LogP contribution >= 0.6 is 0 Å². The number of hydrogen-bond donors (Lipinski definition) is 3.